The second-order valence-corrected chi connectivity index (χ2v) is 8.81. The van der Waals surface area contributed by atoms with Crippen LogP contribution in [0.3, 0.4) is 0 Å². The lowest BCUT2D eigenvalue weighted by Crippen LogP contribution is -2.15. The highest BCUT2D eigenvalue weighted by atomic mass is 35.5. The molecule has 0 saturated carbocycles. The number of hydrogen-bond donors (Lipinski definition) is 1. The summed E-state index contributed by atoms with van der Waals surface area (Å²) < 4.78 is 99.2. The van der Waals surface area contributed by atoms with E-state index < -0.39 is 44.0 Å². The number of rotatable bonds is 4. The molecule has 0 saturated heterocycles. The first-order chi connectivity index (χ1) is 14.5. The molecule has 2 aromatic carbocycles. The van der Waals surface area contributed by atoms with Crippen LogP contribution in [-0.2, 0) is 16.2 Å². The summed E-state index contributed by atoms with van der Waals surface area (Å²) >= 11 is 6.58. The molecule has 2 aromatic heterocycles. The average molecular weight is 496 g/mol. The van der Waals surface area contributed by atoms with Crippen LogP contribution in [-0.4, -0.2) is 27.6 Å². The zero-order chi connectivity index (χ0) is 22.6. The van der Waals surface area contributed by atoms with Crippen molar-refractivity contribution in [3.8, 4) is 5.69 Å². The highest BCUT2D eigenvalue weighted by Crippen LogP contribution is 2.35. The first-order valence-electron chi connectivity index (χ1n) is 8.02. The summed E-state index contributed by atoms with van der Waals surface area (Å²) in [6.07, 6.45) is -3.58. The first kappa shape index (κ1) is 21.4. The van der Waals surface area contributed by atoms with E-state index in [0.29, 0.717) is 23.7 Å². The third kappa shape index (κ3) is 3.93. The predicted molar refractivity (Wildman–Crippen MR) is 102 cm³/mol. The number of anilines is 1. The monoisotopic (exact) mass is 495 g/mol. The Bertz CT molecular complexity index is 1400. The van der Waals surface area contributed by atoms with Crippen LogP contribution >= 0.6 is 23.1 Å². The van der Waals surface area contributed by atoms with E-state index in [1.165, 1.54) is 0 Å². The highest BCUT2D eigenvalue weighted by molar-refractivity contribution is 7.93. The van der Waals surface area contributed by atoms with Crippen molar-refractivity contribution in [3.63, 3.8) is 0 Å². The molecule has 0 aliphatic rings. The van der Waals surface area contributed by atoms with Gasteiger partial charge < -0.3 is 0 Å². The number of halogens is 6. The number of hydrogen-bond acceptors (Lipinski definition) is 6. The van der Waals surface area contributed by atoms with E-state index in [4.69, 9.17) is 11.6 Å². The fraction of sp³-hybridized carbons (Fsp3) is 0.0625. The predicted octanol–water partition coefficient (Wildman–Crippen LogP) is 4.63. The Labute approximate surface area is 179 Å². The standard InChI is InChI=1S/C16H7ClF5N5O2S2/c17-14-8-3-7(16(20,21)22)1-2-11(8)27(25-14)12-4-10(19)13(5-9(12)18)31(28,29)26-15-23-6-24-30-15/h1-6H,(H,23,24,26). The molecule has 1 N–H and O–H groups in total. The van der Waals surface area contributed by atoms with Crippen molar-refractivity contribution in [2.75, 3.05) is 4.72 Å². The number of nitrogens with zero attached hydrogens (tertiary/aromatic N) is 4. The summed E-state index contributed by atoms with van der Waals surface area (Å²) in [4.78, 5) is 2.59. The SMILES string of the molecule is O=S(=O)(Nc1ncns1)c1cc(F)c(-n2nc(Cl)c3cc(C(F)(F)F)ccc32)cc1F. The summed E-state index contributed by atoms with van der Waals surface area (Å²) in [5.74, 6) is -2.54. The van der Waals surface area contributed by atoms with Crippen LogP contribution in [0.4, 0.5) is 27.1 Å². The quantitative estimate of drug-likeness (QED) is 0.417. The summed E-state index contributed by atoms with van der Waals surface area (Å²) in [6, 6.07) is 3.41. The molecule has 0 radical (unpaired) electrons. The smallest absolute Gasteiger partial charge is 0.253 e. The molecular formula is C16H7ClF5N5O2S2. The molecule has 0 amide bonds. The van der Waals surface area contributed by atoms with Crippen LogP contribution in [0, 0.1) is 11.6 Å². The molecule has 162 valence electrons. The minimum Gasteiger partial charge on any atom is -0.253 e. The lowest BCUT2D eigenvalue weighted by atomic mass is 10.1. The molecule has 4 aromatic rings. The molecule has 4 rings (SSSR count). The van der Waals surface area contributed by atoms with E-state index in [-0.39, 0.29) is 21.2 Å². The minimum absolute atomic E-state index is 0.0427. The Morgan fingerprint density at radius 1 is 1.10 bits per heavy atom. The van der Waals surface area contributed by atoms with Gasteiger partial charge in [-0.2, -0.15) is 22.6 Å². The van der Waals surface area contributed by atoms with E-state index in [9.17, 15) is 30.4 Å². The molecule has 2 heterocycles. The molecule has 0 atom stereocenters. The van der Waals surface area contributed by atoms with Crippen molar-refractivity contribution >= 4 is 49.2 Å². The van der Waals surface area contributed by atoms with E-state index in [2.05, 4.69) is 14.5 Å². The van der Waals surface area contributed by atoms with Gasteiger partial charge in [0.25, 0.3) is 10.0 Å². The normalized spacial score (nSPS) is 12.5. The van der Waals surface area contributed by atoms with Crippen molar-refractivity contribution in [2.45, 2.75) is 11.1 Å². The molecular weight excluding hydrogens is 489 g/mol. The largest absolute Gasteiger partial charge is 0.416 e. The maximum absolute atomic E-state index is 14.8. The summed E-state index contributed by atoms with van der Waals surface area (Å²) in [7, 11) is -4.53. The summed E-state index contributed by atoms with van der Waals surface area (Å²) in [5, 5.41) is 3.08. The third-order valence-electron chi connectivity index (χ3n) is 4.06. The van der Waals surface area contributed by atoms with Crippen LogP contribution < -0.4 is 4.72 Å². The number of alkyl halides is 3. The van der Waals surface area contributed by atoms with Gasteiger partial charge in [0, 0.05) is 23.0 Å². The van der Waals surface area contributed by atoms with E-state index >= 15 is 0 Å². The Kier molecular flexibility index (Phi) is 5.10. The molecule has 0 aliphatic heterocycles. The van der Waals surface area contributed by atoms with Crippen LogP contribution in [0.15, 0.2) is 41.6 Å². The molecule has 0 fully saturated rings. The first-order valence-corrected chi connectivity index (χ1v) is 10.7. The van der Waals surface area contributed by atoms with Crippen LogP contribution in [0.25, 0.3) is 16.6 Å². The lowest BCUT2D eigenvalue weighted by Gasteiger charge is -2.11. The van der Waals surface area contributed by atoms with Gasteiger partial charge in [-0.15, -0.1) is 0 Å². The maximum Gasteiger partial charge on any atom is 0.416 e. The number of nitrogens with one attached hydrogen (secondary N) is 1. The summed E-state index contributed by atoms with van der Waals surface area (Å²) in [6.45, 7) is 0. The van der Waals surface area contributed by atoms with Gasteiger partial charge >= 0.3 is 6.18 Å². The Balaban J connectivity index is 1.81. The van der Waals surface area contributed by atoms with Crippen LogP contribution in [0.2, 0.25) is 5.15 Å². The van der Waals surface area contributed by atoms with Gasteiger partial charge in [-0.1, -0.05) is 11.6 Å². The number of fused-ring (bicyclic) bond motifs is 1. The van der Waals surface area contributed by atoms with Crippen molar-refractivity contribution in [3.05, 3.63) is 59.0 Å². The fourth-order valence-corrected chi connectivity index (χ4v) is 4.68. The van der Waals surface area contributed by atoms with Gasteiger partial charge in [-0.3, -0.25) is 4.72 Å². The fourth-order valence-electron chi connectivity index (χ4n) is 2.72. The van der Waals surface area contributed by atoms with Crippen LogP contribution in [0.5, 0.6) is 0 Å². The molecule has 15 heteroatoms. The lowest BCUT2D eigenvalue weighted by molar-refractivity contribution is -0.137. The zero-order valence-corrected chi connectivity index (χ0v) is 17.0. The summed E-state index contributed by atoms with van der Waals surface area (Å²) in [5.41, 5.74) is -1.60. The number of sulfonamides is 1. The average Bonchev–Trinajstić information content (AvgIpc) is 3.29. The van der Waals surface area contributed by atoms with E-state index in [1.54, 1.807) is 0 Å². The number of aromatic nitrogens is 4. The topological polar surface area (TPSA) is 89.8 Å². The zero-order valence-electron chi connectivity index (χ0n) is 14.7. The van der Waals surface area contributed by atoms with Crippen molar-refractivity contribution in [1.82, 2.24) is 19.1 Å². The van der Waals surface area contributed by atoms with Crippen LogP contribution in [0.1, 0.15) is 5.56 Å². The molecule has 31 heavy (non-hydrogen) atoms. The van der Waals surface area contributed by atoms with Crippen molar-refractivity contribution in [2.24, 2.45) is 0 Å². The minimum atomic E-state index is -4.65. The van der Waals surface area contributed by atoms with Gasteiger partial charge in [0.1, 0.15) is 28.5 Å². The van der Waals surface area contributed by atoms with E-state index in [0.717, 1.165) is 29.2 Å². The molecule has 0 aliphatic carbocycles. The molecule has 7 nitrogen and oxygen atoms in total. The Morgan fingerprint density at radius 2 is 1.84 bits per heavy atom. The number of benzene rings is 2. The third-order valence-corrected chi connectivity index (χ3v) is 6.41. The van der Waals surface area contributed by atoms with Gasteiger partial charge in [-0.05, 0) is 24.3 Å². The maximum atomic E-state index is 14.8. The van der Waals surface area contributed by atoms with Gasteiger partial charge in [0.05, 0.1) is 11.1 Å². The van der Waals surface area contributed by atoms with Gasteiger partial charge in [0.15, 0.2) is 5.15 Å². The Morgan fingerprint density at radius 3 is 2.48 bits per heavy atom. The van der Waals surface area contributed by atoms with Gasteiger partial charge in [0.2, 0.25) is 5.13 Å². The van der Waals surface area contributed by atoms with Crippen molar-refractivity contribution < 1.29 is 30.4 Å². The molecule has 0 spiro atoms. The van der Waals surface area contributed by atoms with Crippen molar-refractivity contribution in [1.29, 1.82) is 0 Å². The highest BCUT2D eigenvalue weighted by Gasteiger charge is 2.31. The van der Waals surface area contributed by atoms with Gasteiger partial charge in [-0.25, -0.2) is 26.9 Å². The molecule has 0 unspecified atom stereocenters. The molecule has 0 bridgehead atoms. The second kappa shape index (κ2) is 7.39. The van der Waals surface area contributed by atoms with E-state index in [1.807, 2.05) is 4.72 Å². The Hall–Kier alpha value is -2.84. The second-order valence-electron chi connectivity index (χ2n) is 6.02.